The number of aryl methyl sites for hydroxylation is 2. The minimum absolute atomic E-state index is 0.493. The normalized spacial score (nSPS) is 13.4. The third-order valence-electron chi connectivity index (χ3n) is 3.56. The Morgan fingerprint density at radius 1 is 1.13 bits per heavy atom. The molecule has 4 nitrogen and oxygen atoms in total. The van der Waals surface area contributed by atoms with E-state index in [9.17, 15) is 9.90 Å². The van der Waals surface area contributed by atoms with Crippen molar-refractivity contribution in [2.45, 2.75) is 30.1 Å². The summed E-state index contributed by atoms with van der Waals surface area (Å²) in [6.45, 7) is 3.96. The van der Waals surface area contributed by atoms with Gasteiger partial charge in [0, 0.05) is 10.6 Å². The van der Waals surface area contributed by atoms with Crippen LogP contribution in [0, 0.1) is 13.8 Å². The van der Waals surface area contributed by atoms with E-state index >= 15 is 0 Å². The molecule has 0 heterocycles. The first-order chi connectivity index (χ1) is 10.9. The van der Waals surface area contributed by atoms with Crippen LogP contribution >= 0.6 is 11.8 Å². The number of aliphatic hydroxyl groups is 1. The lowest BCUT2D eigenvalue weighted by atomic mass is 10.1. The van der Waals surface area contributed by atoms with E-state index in [1.807, 2.05) is 56.3 Å². The summed E-state index contributed by atoms with van der Waals surface area (Å²) in [5, 5.41) is 9.89. The van der Waals surface area contributed by atoms with Gasteiger partial charge in [-0.3, -0.25) is 0 Å². The number of carbonyl (C=O) groups is 1. The Kier molecular flexibility index (Phi) is 5.69. The van der Waals surface area contributed by atoms with Crippen LogP contribution in [0.1, 0.15) is 21.9 Å². The second kappa shape index (κ2) is 7.53. The van der Waals surface area contributed by atoms with Crippen LogP contribution in [0.5, 0.6) is 0 Å². The maximum Gasteiger partial charge on any atom is 0.336 e. The second-order valence-corrected chi connectivity index (χ2v) is 6.64. The Balaban J connectivity index is 2.38. The molecule has 0 aliphatic rings. The summed E-state index contributed by atoms with van der Waals surface area (Å²) in [5.41, 5.74) is 9.67. The van der Waals surface area contributed by atoms with Crippen molar-refractivity contribution >= 4 is 23.4 Å². The highest BCUT2D eigenvalue weighted by atomic mass is 32.2. The number of anilines is 1. The molecular formula is C18H21NO3S. The van der Waals surface area contributed by atoms with Gasteiger partial charge < -0.3 is 15.6 Å². The maximum absolute atomic E-state index is 11.8. The molecule has 0 aliphatic carbocycles. The maximum atomic E-state index is 11.8. The molecule has 0 fully saturated rings. The second-order valence-electron chi connectivity index (χ2n) is 5.46. The minimum atomic E-state index is -1.27. The molecule has 2 aromatic carbocycles. The van der Waals surface area contributed by atoms with E-state index in [1.54, 1.807) is 0 Å². The summed E-state index contributed by atoms with van der Waals surface area (Å²) in [4.78, 5) is 12.7. The van der Waals surface area contributed by atoms with Crippen molar-refractivity contribution in [2.75, 3.05) is 12.8 Å². The number of methoxy groups -OCH3 is 1. The van der Waals surface area contributed by atoms with E-state index in [-0.39, 0.29) is 0 Å². The summed E-state index contributed by atoms with van der Waals surface area (Å²) >= 11 is 1.36. The first kappa shape index (κ1) is 17.4. The first-order valence-corrected chi connectivity index (χ1v) is 8.15. The lowest BCUT2D eigenvalue weighted by molar-refractivity contribution is -0.150. The van der Waals surface area contributed by atoms with Crippen molar-refractivity contribution in [3.8, 4) is 0 Å². The van der Waals surface area contributed by atoms with Crippen LogP contribution in [0.15, 0.2) is 47.4 Å². The van der Waals surface area contributed by atoms with Gasteiger partial charge in [0.2, 0.25) is 0 Å². The van der Waals surface area contributed by atoms with Crippen molar-refractivity contribution in [3.05, 3.63) is 59.2 Å². The fraction of sp³-hybridized carbons (Fsp3) is 0.278. The molecule has 0 bridgehead atoms. The molecule has 122 valence electrons. The molecule has 3 N–H and O–H groups in total. The van der Waals surface area contributed by atoms with Gasteiger partial charge in [0.15, 0.2) is 6.10 Å². The Labute approximate surface area is 140 Å². The average Bonchev–Trinajstić information content (AvgIpc) is 2.55. The molecule has 23 heavy (non-hydrogen) atoms. The highest BCUT2D eigenvalue weighted by Crippen LogP contribution is 2.41. The zero-order valence-corrected chi connectivity index (χ0v) is 14.3. The monoisotopic (exact) mass is 331 g/mol. The van der Waals surface area contributed by atoms with Crippen molar-refractivity contribution in [2.24, 2.45) is 0 Å². The average molecular weight is 331 g/mol. The summed E-state index contributed by atoms with van der Waals surface area (Å²) < 4.78 is 4.70. The lowest BCUT2D eigenvalue weighted by Gasteiger charge is -2.22. The molecule has 0 unspecified atom stereocenters. The van der Waals surface area contributed by atoms with Gasteiger partial charge in [-0.15, -0.1) is 11.8 Å². The Bertz CT molecular complexity index is 685. The van der Waals surface area contributed by atoms with Crippen molar-refractivity contribution in [1.29, 1.82) is 0 Å². The summed E-state index contributed by atoms with van der Waals surface area (Å²) in [5.74, 6) is -0.658. The van der Waals surface area contributed by atoms with Gasteiger partial charge >= 0.3 is 5.97 Å². The number of carbonyl (C=O) groups excluding carboxylic acids is 1. The summed E-state index contributed by atoms with van der Waals surface area (Å²) in [6.07, 6.45) is -1.27. The third kappa shape index (κ3) is 4.27. The highest BCUT2D eigenvalue weighted by Gasteiger charge is 2.30. The largest absolute Gasteiger partial charge is 0.467 e. The number of ether oxygens (including phenoxy) is 1. The molecule has 0 radical (unpaired) electrons. The van der Waals surface area contributed by atoms with E-state index in [1.165, 1.54) is 18.9 Å². The quantitative estimate of drug-likeness (QED) is 0.500. The SMILES string of the molecule is COC(=O)[C@@H](O)[C@H](Sc1cc(C)ccc1N)c1ccc(C)cc1. The lowest BCUT2D eigenvalue weighted by Crippen LogP contribution is -2.27. The van der Waals surface area contributed by atoms with Crippen molar-refractivity contribution in [3.63, 3.8) is 0 Å². The number of rotatable bonds is 5. The van der Waals surface area contributed by atoms with E-state index in [0.29, 0.717) is 5.69 Å². The first-order valence-electron chi connectivity index (χ1n) is 7.27. The van der Waals surface area contributed by atoms with E-state index in [0.717, 1.165) is 21.6 Å². The zero-order valence-electron chi connectivity index (χ0n) is 13.4. The predicted octanol–water partition coefficient (Wildman–Crippen LogP) is 3.25. The molecule has 0 saturated heterocycles. The molecule has 2 rings (SSSR count). The van der Waals surface area contributed by atoms with Crippen LogP contribution in [-0.2, 0) is 9.53 Å². The summed E-state index contributed by atoms with van der Waals surface area (Å²) in [6, 6.07) is 13.4. The number of hydrogen-bond donors (Lipinski definition) is 2. The van der Waals surface area contributed by atoms with Crippen LogP contribution in [0.2, 0.25) is 0 Å². The van der Waals surface area contributed by atoms with Crippen LogP contribution in [0.4, 0.5) is 5.69 Å². The van der Waals surface area contributed by atoms with Crippen LogP contribution in [0.25, 0.3) is 0 Å². The smallest absolute Gasteiger partial charge is 0.336 e. The predicted molar refractivity (Wildman–Crippen MR) is 93.4 cm³/mol. The Morgan fingerprint density at radius 2 is 1.74 bits per heavy atom. The molecule has 0 amide bonds. The molecule has 2 aromatic rings. The fourth-order valence-electron chi connectivity index (χ4n) is 2.20. The molecule has 0 aromatic heterocycles. The number of aliphatic hydroxyl groups excluding tert-OH is 1. The fourth-order valence-corrected chi connectivity index (χ4v) is 3.46. The van der Waals surface area contributed by atoms with Gasteiger partial charge in [-0.25, -0.2) is 4.79 Å². The van der Waals surface area contributed by atoms with Crippen molar-refractivity contribution < 1.29 is 14.6 Å². The summed E-state index contributed by atoms with van der Waals surface area (Å²) in [7, 11) is 1.27. The van der Waals surface area contributed by atoms with Crippen LogP contribution in [-0.4, -0.2) is 24.3 Å². The number of hydrogen-bond acceptors (Lipinski definition) is 5. The number of thioether (sulfide) groups is 1. The van der Waals surface area contributed by atoms with Crippen LogP contribution < -0.4 is 5.73 Å². The number of benzene rings is 2. The van der Waals surface area contributed by atoms with Gasteiger partial charge in [-0.05, 0) is 37.1 Å². The Hall–Kier alpha value is -1.98. The third-order valence-corrected chi connectivity index (χ3v) is 4.95. The Morgan fingerprint density at radius 3 is 2.35 bits per heavy atom. The van der Waals surface area contributed by atoms with Crippen LogP contribution in [0.3, 0.4) is 0 Å². The van der Waals surface area contributed by atoms with E-state index in [4.69, 9.17) is 10.5 Å². The van der Waals surface area contributed by atoms with Gasteiger partial charge in [0.05, 0.1) is 12.4 Å². The standard InChI is InChI=1S/C18H21NO3S/c1-11-4-7-13(8-5-11)17(16(20)18(21)22-3)23-15-10-12(2)6-9-14(15)19/h4-10,16-17,20H,19H2,1-3H3/t16-,17+/m0/s1. The molecule has 0 saturated carbocycles. The topological polar surface area (TPSA) is 72.5 Å². The number of esters is 1. The molecule has 0 aliphatic heterocycles. The highest BCUT2D eigenvalue weighted by molar-refractivity contribution is 7.99. The molecule has 0 spiro atoms. The van der Waals surface area contributed by atoms with Gasteiger partial charge in [-0.2, -0.15) is 0 Å². The van der Waals surface area contributed by atoms with Gasteiger partial charge in [0.1, 0.15) is 0 Å². The van der Waals surface area contributed by atoms with Gasteiger partial charge in [-0.1, -0.05) is 35.9 Å². The minimum Gasteiger partial charge on any atom is -0.467 e. The molecular weight excluding hydrogens is 310 g/mol. The zero-order chi connectivity index (χ0) is 17.0. The number of nitrogens with two attached hydrogens (primary N) is 1. The van der Waals surface area contributed by atoms with E-state index < -0.39 is 17.3 Å². The van der Waals surface area contributed by atoms with Gasteiger partial charge in [0.25, 0.3) is 0 Å². The van der Waals surface area contributed by atoms with Crippen molar-refractivity contribution in [1.82, 2.24) is 0 Å². The molecule has 5 heteroatoms. The number of nitrogen functional groups attached to an aromatic ring is 1. The molecule has 2 atom stereocenters. The van der Waals surface area contributed by atoms with E-state index in [2.05, 4.69) is 0 Å².